The van der Waals surface area contributed by atoms with Crippen LogP contribution in [0.4, 0.5) is 0 Å². The molecule has 4 heteroatoms. The maximum Gasteiger partial charge on any atom is 0.305 e. The second kappa shape index (κ2) is 12.7. The van der Waals surface area contributed by atoms with E-state index in [9.17, 15) is 15.0 Å². The normalized spacial score (nSPS) is 23.3. The summed E-state index contributed by atoms with van der Waals surface area (Å²) in [5.41, 5.74) is 0.474. The molecule has 1 saturated carbocycles. The molecule has 0 spiro atoms. The van der Waals surface area contributed by atoms with Gasteiger partial charge in [0.1, 0.15) is 0 Å². The highest BCUT2D eigenvalue weighted by molar-refractivity contribution is 5.69. The second-order valence-electron chi connectivity index (χ2n) is 9.71. The molecule has 2 N–H and O–H groups in total. The van der Waals surface area contributed by atoms with E-state index in [0.29, 0.717) is 19.4 Å². The van der Waals surface area contributed by atoms with Crippen LogP contribution in [0.25, 0.3) is 0 Å². The van der Waals surface area contributed by atoms with Gasteiger partial charge in [0.25, 0.3) is 0 Å². The Morgan fingerprint density at radius 1 is 1.14 bits per heavy atom. The van der Waals surface area contributed by atoms with Crippen molar-refractivity contribution in [2.75, 3.05) is 6.61 Å². The molecular weight excluding hydrogens is 364 g/mol. The highest BCUT2D eigenvalue weighted by atomic mass is 16.5. The second-order valence-corrected chi connectivity index (χ2v) is 9.71. The minimum Gasteiger partial charge on any atom is -0.466 e. The maximum absolute atomic E-state index is 11.4. The van der Waals surface area contributed by atoms with E-state index in [1.165, 1.54) is 5.57 Å². The molecule has 0 aliphatic heterocycles. The van der Waals surface area contributed by atoms with Crippen molar-refractivity contribution in [1.29, 1.82) is 0 Å². The van der Waals surface area contributed by atoms with Gasteiger partial charge in [-0.3, -0.25) is 4.79 Å². The number of carbonyl (C=O) groups is 1. The van der Waals surface area contributed by atoms with Crippen molar-refractivity contribution in [2.45, 2.75) is 123 Å². The molecule has 1 fully saturated rings. The molecule has 3 atom stereocenters. The summed E-state index contributed by atoms with van der Waals surface area (Å²) in [7, 11) is 0. The van der Waals surface area contributed by atoms with E-state index < -0.39 is 5.60 Å². The zero-order chi connectivity index (χ0) is 21.9. The quantitative estimate of drug-likeness (QED) is 0.211. The minimum absolute atomic E-state index is 0.0992. The molecule has 0 aromatic carbocycles. The molecular formula is C25H46O4. The molecule has 0 bridgehead atoms. The SMILES string of the molecule is CCCCC(C)(C)C(C)(O)CC=C1CC[C@H](O)[C@@H]1CCCCCCC(=O)OCC. The Hall–Kier alpha value is -0.870. The van der Waals surface area contributed by atoms with Gasteiger partial charge in [0.05, 0.1) is 18.3 Å². The van der Waals surface area contributed by atoms with Crippen LogP contribution in [0.3, 0.4) is 0 Å². The molecule has 0 saturated heterocycles. The predicted molar refractivity (Wildman–Crippen MR) is 120 cm³/mol. The molecule has 1 aliphatic rings. The summed E-state index contributed by atoms with van der Waals surface area (Å²) >= 11 is 0. The molecule has 0 radical (unpaired) electrons. The lowest BCUT2D eigenvalue weighted by Crippen LogP contribution is -2.41. The van der Waals surface area contributed by atoms with E-state index in [1.54, 1.807) is 0 Å². The lowest BCUT2D eigenvalue weighted by Gasteiger charge is -2.40. The summed E-state index contributed by atoms with van der Waals surface area (Å²) in [6.07, 6.45) is 13.3. The summed E-state index contributed by atoms with van der Waals surface area (Å²) in [6, 6.07) is 0. The fourth-order valence-corrected chi connectivity index (χ4v) is 4.29. The Balaban J connectivity index is 2.47. The van der Waals surface area contributed by atoms with Gasteiger partial charge >= 0.3 is 5.97 Å². The van der Waals surface area contributed by atoms with Crippen LogP contribution in [0.5, 0.6) is 0 Å². The molecule has 4 nitrogen and oxygen atoms in total. The highest BCUT2D eigenvalue weighted by Crippen LogP contribution is 2.41. The van der Waals surface area contributed by atoms with Gasteiger partial charge in [-0.15, -0.1) is 0 Å². The summed E-state index contributed by atoms with van der Waals surface area (Å²) in [4.78, 5) is 11.4. The number of aliphatic hydroxyl groups is 2. The number of rotatable bonds is 14. The lowest BCUT2D eigenvalue weighted by atomic mass is 9.70. The predicted octanol–water partition coefficient (Wildman–Crippen LogP) is 5.94. The summed E-state index contributed by atoms with van der Waals surface area (Å²) in [6.45, 7) is 10.8. The summed E-state index contributed by atoms with van der Waals surface area (Å²) < 4.78 is 4.96. The average Bonchev–Trinajstić information content (AvgIpc) is 3.01. The van der Waals surface area contributed by atoms with Crippen LogP contribution in [0, 0.1) is 11.3 Å². The van der Waals surface area contributed by atoms with Crippen molar-refractivity contribution in [3.05, 3.63) is 11.6 Å². The number of aliphatic hydroxyl groups excluding tert-OH is 1. The lowest BCUT2D eigenvalue weighted by molar-refractivity contribution is -0.143. The van der Waals surface area contributed by atoms with Crippen molar-refractivity contribution < 1.29 is 19.7 Å². The molecule has 0 aromatic rings. The van der Waals surface area contributed by atoms with Crippen molar-refractivity contribution in [3.63, 3.8) is 0 Å². The van der Waals surface area contributed by atoms with Gasteiger partial charge in [0.15, 0.2) is 0 Å². The number of esters is 1. The van der Waals surface area contributed by atoms with E-state index in [0.717, 1.165) is 64.2 Å². The zero-order valence-corrected chi connectivity index (χ0v) is 19.6. The molecule has 1 aliphatic carbocycles. The van der Waals surface area contributed by atoms with Gasteiger partial charge in [-0.05, 0) is 57.8 Å². The topological polar surface area (TPSA) is 66.8 Å². The summed E-state index contributed by atoms with van der Waals surface area (Å²) in [5, 5.41) is 21.5. The van der Waals surface area contributed by atoms with E-state index >= 15 is 0 Å². The van der Waals surface area contributed by atoms with Crippen LogP contribution in [0.2, 0.25) is 0 Å². The number of carbonyl (C=O) groups excluding carboxylic acids is 1. The fraction of sp³-hybridized carbons (Fsp3) is 0.880. The number of unbranched alkanes of at least 4 members (excludes halogenated alkanes) is 4. The van der Waals surface area contributed by atoms with Crippen LogP contribution in [0.1, 0.15) is 112 Å². The monoisotopic (exact) mass is 410 g/mol. The Bertz CT molecular complexity index is 507. The minimum atomic E-state index is -0.736. The highest BCUT2D eigenvalue weighted by Gasteiger charge is 2.38. The Morgan fingerprint density at radius 3 is 2.48 bits per heavy atom. The summed E-state index contributed by atoms with van der Waals surface area (Å²) in [5.74, 6) is 0.132. The van der Waals surface area contributed by atoms with Crippen molar-refractivity contribution >= 4 is 5.97 Å². The first-order valence-electron chi connectivity index (χ1n) is 11.9. The third kappa shape index (κ3) is 8.80. The van der Waals surface area contributed by atoms with E-state index in [1.807, 2.05) is 13.8 Å². The number of hydrogen-bond donors (Lipinski definition) is 2. The van der Waals surface area contributed by atoms with Crippen LogP contribution in [-0.2, 0) is 9.53 Å². The van der Waals surface area contributed by atoms with E-state index in [-0.39, 0.29) is 23.4 Å². The fourth-order valence-electron chi connectivity index (χ4n) is 4.29. The first-order chi connectivity index (χ1) is 13.6. The van der Waals surface area contributed by atoms with Gasteiger partial charge in [0, 0.05) is 12.3 Å². The van der Waals surface area contributed by atoms with Crippen LogP contribution >= 0.6 is 0 Å². The smallest absolute Gasteiger partial charge is 0.305 e. The molecule has 0 heterocycles. The third-order valence-corrected chi connectivity index (χ3v) is 7.00. The van der Waals surface area contributed by atoms with Crippen molar-refractivity contribution in [2.24, 2.45) is 11.3 Å². The Morgan fingerprint density at radius 2 is 1.83 bits per heavy atom. The molecule has 0 aromatic heterocycles. The van der Waals surface area contributed by atoms with Crippen molar-refractivity contribution in [1.82, 2.24) is 0 Å². The third-order valence-electron chi connectivity index (χ3n) is 7.00. The zero-order valence-electron chi connectivity index (χ0n) is 19.6. The molecule has 1 rings (SSSR count). The molecule has 0 amide bonds. The number of hydrogen-bond acceptors (Lipinski definition) is 4. The van der Waals surface area contributed by atoms with E-state index in [2.05, 4.69) is 26.8 Å². The van der Waals surface area contributed by atoms with Crippen molar-refractivity contribution in [3.8, 4) is 0 Å². The van der Waals surface area contributed by atoms with Gasteiger partial charge in [-0.25, -0.2) is 0 Å². The molecule has 170 valence electrons. The van der Waals surface area contributed by atoms with E-state index in [4.69, 9.17) is 4.74 Å². The van der Waals surface area contributed by atoms with Crippen LogP contribution < -0.4 is 0 Å². The standard InChI is InChI=1S/C25H46O4/c1-6-8-18-24(3,4)25(5,28)19-17-20-15-16-22(26)21(20)13-11-9-10-12-14-23(27)29-7-2/h17,21-22,26,28H,6-16,18-19H2,1-5H3/t21-,22+,25?/m1/s1. The first-order valence-corrected chi connectivity index (χ1v) is 11.9. The average molecular weight is 411 g/mol. The number of ether oxygens (including phenoxy) is 1. The largest absolute Gasteiger partial charge is 0.466 e. The van der Waals surface area contributed by atoms with Crippen LogP contribution in [-0.4, -0.2) is 34.5 Å². The van der Waals surface area contributed by atoms with Gasteiger partial charge in [0.2, 0.25) is 0 Å². The first kappa shape index (κ1) is 26.2. The molecule has 29 heavy (non-hydrogen) atoms. The Labute approximate surface area is 179 Å². The van der Waals surface area contributed by atoms with Gasteiger partial charge in [-0.1, -0.05) is 64.5 Å². The molecule has 1 unspecified atom stereocenters. The maximum atomic E-state index is 11.4. The van der Waals surface area contributed by atoms with Crippen LogP contribution in [0.15, 0.2) is 11.6 Å². The van der Waals surface area contributed by atoms with Gasteiger partial charge in [-0.2, -0.15) is 0 Å². The Kier molecular flexibility index (Phi) is 11.5. The van der Waals surface area contributed by atoms with Gasteiger partial charge < -0.3 is 14.9 Å².